The predicted molar refractivity (Wildman–Crippen MR) is 252 cm³/mol. The zero-order valence-corrected chi connectivity index (χ0v) is 34.4. The Balaban J connectivity index is 1.06. The number of rotatable bonds is 3. The largest absolute Gasteiger partial charge is 0.342 e. The van der Waals surface area contributed by atoms with Gasteiger partial charge < -0.3 is 5.32 Å². The highest BCUT2D eigenvalue weighted by molar-refractivity contribution is 6.10. The molecule has 1 N–H and O–H groups in total. The maximum absolute atomic E-state index is 5.43. The Hall–Kier alpha value is -6.77. The highest BCUT2D eigenvalue weighted by Gasteiger charge is 2.38. The first-order valence-corrected chi connectivity index (χ1v) is 21.7. The third kappa shape index (κ3) is 5.23. The van der Waals surface area contributed by atoms with E-state index < -0.39 is 0 Å². The van der Waals surface area contributed by atoms with Crippen molar-refractivity contribution in [3.05, 3.63) is 208 Å². The van der Waals surface area contributed by atoms with Crippen molar-refractivity contribution in [3.8, 4) is 44.5 Å². The quantitative estimate of drug-likeness (QED) is 0.190. The number of hydrogen-bond donors (Lipinski definition) is 1. The minimum absolute atomic E-state index is 0.127. The standard InChI is InChI=1S/C58H46N2/c1-34-32-51-52-33-50(35(2)40-30-28-38-17-5-7-20-42(38)55(40)51)45-23-11-13-25-47(45)56(52)54(34)46-24-12-8-18-39(46)36(3)57-49-26-14-15-27-53(49)59-58(60-57)48-31-29-37-16-4-6-19-41(37)43-21-9-10-22-44(43)48/h4-28,30,32,35,48,50H,29,31,33H2,1-3H3,(H,59,60)/b57-36+/t35-,48?,50?/m0/s1. The average molecular weight is 771 g/mol. The molecule has 2 nitrogen and oxygen atoms in total. The molecule has 0 amide bonds. The summed E-state index contributed by atoms with van der Waals surface area (Å²) in [6.07, 6.45) is 3.02. The summed E-state index contributed by atoms with van der Waals surface area (Å²) in [5.74, 6) is 1.95. The first kappa shape index (κ1) is 35.2. The summed E-state index contributed by atoms with van der Waals surface area (Å²) in [5.41, 5.74) is 25.2. The fraction of sp³-hybridized carbons (Fsp3) is 0.155. The van der Waals surface area contributed by atoms with E-state index in [-0.39, 0.29) is 5.92 Å². The van der Waals surface area contributed by atoms with Crippen LogP contribution in [-0.2, 0) is 12.8 Å². The summed E-state index contributed by atoms with van der Waals surface area (Å²) in [5, 5.41) is 6.70. The Labute approximate surface area is 353 Å². The molecule has 0 saturated carbocycles. The molecule has 60 heavy (non-hydrogen) atoms. The number of nitrogens with one attached hydrogen (secondary N) is 1. The van der Waals surface area contributed by atoms with Crippen LogP contribution in [0.1, 0.15) is 82.5 Å². The van der Waals surface area contributed by atoms with Crippen LogP contribution in [-0.4, -0.2) is 5.84 Å². The minimum atomic E-state index is 0.127. The molecule has 1 heterocycles. The number of nitrogens with zero attached hydrogens (tertiary/aromatic N) is 1. The van der Waals surface area contributed by atoms with Gasteiger partial charge in [0.05, 0.1) is 11.4 Å². The Morgan fingerprint density at radius 1 is 0.583 bits per heavy atom. The topological polar surface area (TPSA) is 24.4 Å². The lowest BCUT2D eigenvalue weighted by Crippen LogP contribution is -2.31. The van der Waals surface area contributed by atoms with E-state index in [1.165, 1.54) is 99.8 Å². The molecule has 0 fully saturated rings. The van der Waals surface area contributed by atoms with Gasteiger partial charge in [-0.05, 0) is 151 Å². The van der Waals surface area contributed by atoms with Gasteiger partial charge in [0.15, 0.2) is 0 Å². The van der Waals surface area contributed by atoms with E-state index in [2.05, 4.69) is 190 Å². The van der Waals surface area contributed by atoms with Crippen LogP contribution in [0.5, 0.6) is 0 Å². The van der Waals surface area contributed by atoms with Crippen molar-refractivity contribution in [2.75, 3.05) is 0 Å². The first-order chi connectivity index (χ1) is 29.5. The molecule has 2 unspecified atom stereocenters. The van der Waals surface area contributed by atoms with Crippen molar-refractivity contribution in [3.63, 3.8) is 0 Å². The second kappa shape index (κ2) is 13.6. The highest BCUT2D eigenvalue weighted by atomic mass is 15.0. The van der Waals surface area contributed by atoms with Crippen LogP contribution in [0.2, 0.25) is 0 Å². The average Bonchev–Trinajstić information content (AvgIpc) is 3.53. The molecular weight excluding hydrogens is 725 g/mol. The number of aliphatic imine (C=N–C) groups is 1. The molecule has 1 aliphatic heterocycles. The minimum Gasteiger partial charge on any atom is -0.342 e. The molecule has 12 rings (SSSR count). The van der Waals surface area contributed by atoms with Gasteiger partial charge in [-0.25, -0.2) is 4.99 Å². The lowest BCUT2D eigenvalue weighted by atomic mass is 9.70. The number of aryl methyl sites for hydroxylation is 2. The number of amidine groups is 1. The third-order valence-corrected chi connectivity index (χ3v) is 14.3. The van der Waals surface area contributed by atoms with Crippen LogP contribution < -0.4 is 5.32 Å². The normalized spacial score (nSPS) is 19.0. The van der Waals surface area contributed by atoms with Crippen molar-refractivity contribution < 1.29 is 0 Å². The van der Waals surface area contributed by atoms with E-state index in [0.29, 0.717) is 11.8 Å². The van der Waals surface area contributed by atoms with E-state index >= 15 is 0 Å². The molecule has 8 aromatic rings. The zero-order valence-electron chi connectivity index (χ0n) is 34.4. The van der Waals surface area contributed by atoms with Crippen LogP contribution >= 0.6 is 0 Å². The van der Waals surface area contributed by atoms with E-state index in [9.17, 15) is 0 Å². The summed E-state index contributed by atoms with van der Waals surface area (Å²) in [6, 6.07) is 61.3. The van der Waals surface area contributed by atoms with Crippen molar-refractivity contribution in [1.82, 2.24) is 5.32 Å². The maximum atomic E-state index is 5.43. The van der Waals surface area contributed by atoms with E-state index in [1.807, 2.05) is 0 Å². The summed E-state index contributed by atoms with van der Waals surface area (Å²) in [6.45, 7) is 7.12. The predicted octanol–water partition coefficient (Wildman–Crippen LogP) is 14.8. The molecule has 3 aliphatic carbocycles. The fourth-order valence-corrected chi connectivity index (χ4v) is 11.5. The molecule has 0 radical (unpaired) electrons. The van der Waals surface area contributed by atoms with Gasteiger partial charge in [0.25, 0.3) is 0 Å². The molecule has 2 heteroatoms. The number of hydrogen-bond acceptors (Lipinski definition) is 2. The van der Waals surface area contributed by atoms with E-state index in [1.54, 1.807) is 0 Å². The Morgan fingerprint density at radius 2 is 1.27 bits per heavy atom. The zero-order chi connectivity index (χ0) is 40.1. The van der Waals surface area contributed by atoms with Crippen molar-refractivity contribution in [2.24, 2.45) is 4.99 Å². The lowest BCUT2D eigenvalue weighted by molar-refractivity contribution is 0.575. The second-order valence-electron chi connectivity index (χ2n) is 17.4. The smallest absolute Gasteiger partial charge is 0.114 e. The van der Waals surface area contributed by atoms with Gasteiger partial charge in [-0.1, -0.05) is 165 Å². The summed E-state index contributed by atoms with van der Waals surface area (Å²) in [7, 11) is 0. The van der Waals surface area contributed by atoms with Gasteiger partial charge >= 0.3 is 0 Å². The molecule has 2 bridgehead atoms. The molecule has 0 saturated heterocycles. The summed E-state index contributed by atoms with van der Waals surface area (Å²) >= 11 is 0. The number of allylic oxidation sites excluding steroid dienone is 1. The van der Waals surface area contributed by atoms with Gasteiger partial charge in [-0.2, -0.15) is 0 Å². The van der Waals surface area contributed by atoms with Gasteiger partial charge in [-0.3, -0.25) is 0 Å². The number of para-hydroxylation sites is 1. The molecule has 8 aromatic carbocycles. The van der Waals surface area contributed by atoms with Crippen molar-refractivity contribution in [2.45, 2.75) is 57.8 Å². The SMILES string of the molecule is C/C(=C1\NC(C2CCc3ccccc3-c3ccccc32)=Nc2ccccc21)c1ccccc1-c1c(C)cc2c3c1-c1ccccc1C(C3)[C@@H](C)c1ccc3ccccc3c1-2. The third-order valence-electron chi connectivity index (χ3n) is 14.3. The molecular formula is C58H46N2. The maximum Gasteiger partial charge on any atom is 0.114 e. The Morgan fingerprint density at radius 3 is 2.13 bits per heavy atom. The van der Waals surface area contributed by atoms with E-state index in [4.69, 9.17) is 4.99 Å². The van der Waals surface area contributed by atoms with E-state index in [0.717, 1.165) is 42.0 Å². The Bertz CT molecular complexity index is 3160. The molecule has 3 atom stereocenters. The second-order valence-corrected chi connectivity index (χ2v) is 17.4. The lowest BCUT2D eigenvalue weighted by Gasteiger charge is -2.33. The molecule has 4 aliphatic rings. The highest BCUT2D eigenvalue weighted by Crippen LogP contribution is 2.57. The monoisotopic (exact) mass is 770 g/mol. The molecule has 0 spiro atoms. The van der Waals surface area contributed by atoms with Crippen molar-refractivity contribution >= 4 is 33.6 Å². The summed E-state index contributed by atoms with van der Waals surface area (Å²) < 4.78 is 0. The van der Waals surface area contributed by atoms with Crippen LogP contribution in [0.3, 0.4) is 0 Å². The Kier molecular flexibility index (Phi) is 8.00. The first-order valence-electron chi connectivity index (χ1n) is 21.7. The molecule has 288 valence electrons. The van der Waals surface area contributed by atoms with Crippen molar-refractivity contribution in [1.29, 1.82) is 0 Å². The number of benzene rings is 8. The fourth-order valence-electron chi connectivity index (χ4n) is 11.5. The van der Waals surface area contributed by atoms with Gasteiger partial charge in [0, 0.05) is 11.5 Å². The van der Waals surface area contributed by atoms with Gasteiger partial charge in [0.1, 0.15) is 5.84 Å². The van der Waals surface area contributed by atoms with Crippen LogP contribution in [0.25, 0.3) is 66.6 Å². The van der Waals surface area contributed by atoms with Crippen LogP contribution in [0, 0.1) is 6.92 Å². The van der Waals surface area contributed by atoms with Crippen LogP contribution in [0.15, 0.2) is 169 Å². The molecule has 0 aromatic heterocycles. The van der Waals surface area contributed by atoms with Crippen LogP contribution in [0.4, 0.5) is 5.69 Å². The summed E-state index contributed by atoms with van der Waals surface area (Å²) in [4.78, 5) is 5.43. The number of fused-ring (bicyclic) bond motifs is 12. The van der Waals surface area contributed by atoms with Gasteiger partial charge in [0.2, 0.25) is 0 Å². The van der Waals surface area contributed by atoms with Gasteiger partial charge in [-0.15, -0.1) is 0 Å².